The Morgan fingerprint density at radius 2 is 2.04 bits per heavy atom. The third kappa shape index (κ3) is 3.77. The largest absolute Gasteiger partial charge is 0.482 e. The number of carbonyl (C=O) groups is 1. The van der Waals surface area contributed by atoms with Crippen molar-refractivity contribution in [3.63, 3.8) is 0 Å². The van der Waals surface area contributed by atoms with Crippen molar-refractivity contribution < 1.29 is 27.8 Å². The van der Waals surface area contributed by atoms with Crippen LogP contribution in [0.1, 0.15) is 0 Å². The highest BCUT2D eigenvalue weighted by Gasteiger charge is 2.17. The molecule has 0 saturated heterocycles. The summed E-state index contributed by atoms with van der Waals surface area (Å²) >= 11 is 5.83. The van der Waals surface area contributed by atoms with Gasteiger partial charge in [0.15, 0.2) is 18.1 Å². The summed E-state index contributed by atoms with van der Waals surface area (Å²) in [5.41, 5.74) is 0.613. The van der Waals surface area contributed by atoms with Gasteiger partial charge in [0.25, 0.3) is 5.91 Å². The quantitative estimate of drug-likeness (QED) is 0.713. The van der Waals surface area contributed by atoms with E-state index in [9.17, 15) is 9.18 Å². The van der Waals surface area contributed by atoms with Gasteiger partial charge in [-0.05, 0) is 36.4 Å². The molecule has 4 rings (SSSR count). The Kier molecular flexibility index (Phi) is 4.51. The Hall–Kier alpha value is -3.33. The highest BCUT2D eigenvalue weighted by Crippen LogP contribution is 2.35. The molecular formula is C17H11ClFN3O5. The molecular weight excluding hydrogens is 381 g/mol. The minimum Gasteiger partial charge on any atom is -0.482 e. The van der Waals surface area contributed by atoms with Gasteiger partial charge in [-0.2, -0.15) is 0 Å². The van der Waals surface area contributed by atoms with Crippen LogP contribution < -0.4 is 19.5 Å². The monoisotopic (exact) mass is 391 g/mol. The molecule has 0 unspecified atom stereocenters. The molecule has 1 aliphatic heterocycles. The number of nitrogens with zero attached hydrogens (tertiary/aromatic N) is 2. The number of hydrogen-bond donors (Lipinski definition) is 1. The first-order valence-electron chi connectivity index (χ1n) is 7.70. The lowest BCUT2D eigenvalue weighted by Crippen LogP contribution is -2.20. The fourth-order valence-corrected chi connectivity index (χ4v) is 2.53. The standard InChI is InChI=1S/C17H11ClFN3O5/c18-11-6-10(19)2-4-12(11)24-7-15(23)20-17-22-21-16(27-17)9-1-3-13-14(5-9)26-8-25-13/h1-6H,7-8H2,(H,20,22,23). The lowest BCUT2D eigenvalue weighted by atomic mass is 10.2. The van der Waals surface area contributed by atoms with Crippen molar-refractivity contribution in [2.75, 3.05) is 18.7 Å². The van der Waals surface area contributed by atoms with Gasteiger partial charge in [0.2, 0.25) is 12.7 Å². The normalized spacial score (nSPS) is 12.1. The second-order valence-corrected chi connectivity index (χ2v) is 5.80. The Labute approximate surface area is 156 Å². The van der Waals surface area contributed by atoms with E-state index in [0.29, 0.717) is 17.1 Å². The predicted molar refractivity (Wildman–Crippen MR) is 91.4 cm³/mol. The molecule has 10 heteroatoms. The second kappa shape index (κ2) is 7.12. The fourth-order valence-electron chi connectivity index (χ4n) is 2.31. The summed E-state index contributed by atoms with van der Waals surface area (Å²) in [6.07, 6.45) is 0. The van der Waals surface area contributed by atoms with Gasteiger partial charge in [0.1, 0.15) is 11.6 Å². The van der Waals surface area contributed by atoms with Gasteiger partial charge in [0, 0.05) is 5.56 Å². The smallest absolute Gasteiger partial charge is 0.322 e. The third-order valence-corrected chi connectivity index (χ3v) is 3.84. The zero-order valence-corrected chi connectivity index (χ0v) is 14.3. The molecule has 138 valence electrons. The molecule has 1 N–H and O–H groups in total. The number of nitrogens with one attached hydrogen (secondary N) is 1. The summed E-state index contributed by atoms with van der Waals surface area (Å²) in [5.74, 6) is 0.533. The average Bonchev–Trinajstić information content (AvgIpc) is 3.29. The highest BCUT2D eigenvalue weighted by atomic mass is 35.5. The number of carbonyl (C=O) groups excluding carboxylic acids is 1. The first-order valence-corrected chi connectivity index (χ1v) is 8.07. The van der Waals surface area contributed by atoms with E-state index >= 15 is 0 Å². The number of hydrogen-bond acceptors (Lipinski definition) is 7. The molecule has 0 saturated carbocycles. The number of aromatic nitrogens is 2. The first kappa shape index (κ1) is 17.1. The van der Waals surface area contributed by atoms with Crippen LogP contribution in [0.15, 0.2) is 40.8 Å². The zero-order chi connectivity index (χ0) is 18.8. The molecule has 0 atom stereocenters. The molecule has 0 aliphatic carbocycles. The molecule has 1 aliphatic rings. The van der Waals surface area contributed by atoms with Crippen LogP contribution in [0.2, 0.25) is 5.02 Å². The van der Waals surface area contributed by atoms with Crippen LogP contribution in [0, 0.1) is 5.82 Å². The fraction of sp³-hybridized carbons (Fsp3) is 0.118. The molecule has 0 fully saturated rings. The van der Waals surface area contributed by atoms with Crippen molar-refractivity contribution >= 4 is 23.5 Å². The summed E-state index contributed by atoms with van der Waals surface area (Å²) in [4.78, 5) is 11.9. The van der Waals surface area contributed by atoms with Crippen molar-refractivity contribution in [1.82, 2.24) is 10.2 Å². The predicted octanol–water partition coefficient (Wildman–Crippen LogP) is 3.28. The topological polar surface area (TPSA) is 95.7 Å². The molecule has 0 radical (unpaired) electrons. The van der Waals surface area contributed by atoms with Gasteiger partial charge in [-0.3, -0.25) is 10.1 Å². The van der Waals surface area contributed by atoms with Crippen molar-refractivity contribution in [3.05, 3.63) is 47.2 Å². The van der Waals surface area contributed by atoms with Crippen LogP contribution in [0.4, 0.5) is 10.4 Å². The lowest BCUT2D eigenvalue weighted by molar-refractivity contribution is -0.118. The number of amides is 1. The minimum atomic E-state index is -0.545. The van der Waals surface area contributed by atoms with Crippen molar-refractivity contribution in [1.29, 1.82) is 0 Å². The van der Waals surface area contributed by atoms with Gasteiger partial charge in [-0.15, -0.1) is 5.10 Å². The maximum Gasteiger partial charge on any atom is 0.322 e. The Balaban J connectivity index is 1.38. The van der Waals surface area contributed by atoms with E-state index in [1.807, 2.05) is 0 Å². The van der Waals surface area contributed by atoms with E-state index in [-0.39, 0.29) is 36.1 Å². The molecule has 8 nitrogen and oxygen atoms in total. The highest BCUT2D eigenvalue weighted by molar-refractivity contribution is 6.32. The van der Waals surface area contributed by atoms with Gasteiger partial charge in [0.05, 0.1) is 5.02 Å². The van der Waals surface area contributed by atoms with E-state index in [0.717, 1.165) is 6.07 Å². The summed E-state index contributed by atoms with van der Waals surface area (Å²) < 4.78 is 34.2. The van der Waals surface area contributed by atoms with Crippen LogP contribution in [-0.4, -0.2) is 29.5 Å². The maximum atomic E-state index is 13.0. The third-order valence-electron chi connectivity index (χ3n) is 3.54. The first-order chi connectivity index (χ1) is 13.1. The second-order valence-electron chi connectivity index (χ2n) is 5.39. The van der Waals surface area contributed by atoms with E-state index in [4.69, 9.17) is 30.2 Å². The number of benzene rings is 2. The summed E-state index contributed by atoms with van der Waals surface area (Å²) in [5, 5.41) is 10.1. The van der Waals surface area contributed by atoms with Gasteiger partial charge in [-0.1, -0.05) is 16.7 Å². The van der Waals surface area contributed by atoms with Crippen molar-refractivity contribution in [2.24, 2.45) is 0 Å². The summed E-state index contributed by atoms with van der Waals surface area (Å²) in [7, 11) is 0. The van der Waals surface area contributed by atoms with Crippen molar-refractivity contribution in [3.8, 4) is 28.7 Å². The van der Waals surface area contributed by atoms with Gasteiger partial charge >= 0.3 is 6.01 Å². The Bertz CT molecular complexity index is 1010. The van der Waals surface area contributed by atoms with Crippen LogP contribution in [0.3, 0.4) is 0 Å². The minimum absolute atomic E-state index is 0.0608. The number of rotatable bonds is 5. The molecule has 27 heavy (non-hydrogen) atoms. The molecule has 1 aromatic heterocycles. The zero-order valence-electron chi connectivity index (χ0n) is 13.6. The van der Waals surface area contributed by atoms with Crippen LogP contribution in [0.5, 0.6) is 17.2 Å². The van der Waals surface area contributed by atoms with Gasteiger partial charge in [-0.25, -0.2) is 4.39 Å². The number of ether oxygens (including phenoxy) is 3. The lowest BCUT2D eigenvalue weighted by Gasteiger charge is -2.06. The van der Waals surface area contributed by atoms with E-state index in [2.05, 4.69) is 15.5 Å². The van der Waals surface area contributed by atoms with E-state index in [1.54, 1.807) is 18.2 Å². The number of fused-ring (bicyclic) bond motifs is 1. The SMILES string of the molecule is O=C(COc1ccc(F)cc1Cl)Nc1nnc(-c2ccc3c(c2)OCO3)o1. The van der Waals surface area contributed by atoms with Crippen LogP contribution in [-0.2, 0) is 4.79 Å². The molecule has 2 aromatic carbocycles. The van der Waals surface area contributed by atoms with Crippen molar-refractivity contribution in [2.45, 2.75) is 0 Å². The van der Waals surface area contributed by atoms with Crippen LogP contribution in [0.25, 0.3) is 11.5 Å². The van der Waals surface area contributed by atoms with E-state index in [1.165, 1.54) is 12.1 Å². The number of anilines is 1. The molecule has 0 bridgehead atoms. The van der Waals surface area contributed by atoms with Gasteiger partial charge < -0.3 is 18.6 Å². The van der Waals surface area contributed by atoms with Crippen LogP contribution >= 0.6 is 11.6 Å². The number of halogens is 2. The maximum absolute atomic E-state index is 13.0. The molecule has 1 amide bonds. The van der Waals surface area contributed by atoms with E-state index < -0.39 is 11.7 Å². The Morgan fingerprint density at radius 1 is 1.19 bits per heavy atom. The summed E-state index contributed by atoms with van der Waals surface area (Å²) in [6, 6.07) is 8.64. The summed E-state index contributed by atoms with van der Waals surface area (Å²) in [6.45, 7) is -0.213. The molecule has 2 heterocycles. The molecule has 3 aromatic rings. The average molecular weight is 392 g/mol. The molecule has 0 spiro atoms. The Morgan fingerprint density at radius 3 is 2.89 bits per heavy atom.